The van der Waals surface area contributed by atoms with E-state index in [9.17, 15) is 112 Å². The molecule has 0 radical (unpaired) electrons. The van der Waals surface area contributed by atoms with Gasteiger partial charge in [0.25, 0.3) is 0 Å². The van der Waals surface area contributed by atoms with Crippen LogP contribution in [0.25, 0.3) is 10.9 Å². The van der Waals surface area contributed by atoms with Crippen LogP contribution in [-0.4, -0.2) is 215 Å². The number of aliphatic carboxylic acids is 6. The first-order valence-electron chi connectivity index (χ1n) is 35.3. The van der Waals surface area contributed by atoms with Crippen molar-refractivity contribution in [2.45, 2.75) is 208 Å². The fourth-order valence-corrected chi connectivity index (χ4v) is 11.3. The summed E-state index contributed by atoms with van der Waals surface area (Å²) in [4.78, 5) is 254. The Morgan fingerprint density at radius 3 is 0.928 bits per heavy atom. The van der Waals surface area contributed by atoms with E-state index in [1.807, 2.05) is 0 Å². The minimum Gasteiger partial charge on any atom is -0.481 e. The van der Waals surface area contributed by atoms with Crippen LogP contribution in [0.4, 0.5) is 0 Å². The molecular formula is C72H94N14O25. The molecule has 0 bridgehead atoms. The smallest absolute Gasteiger partial charge is 0.303 e. The Labute approximate surface area is 634 Å². The number of carbonyl (C=O) groups excluding carboxylic acids is 13. The van der Waals surface area contributed by atoms with Crippen LogP contribution in [-0.2, 0) is 110 Å². The minimum absolute atomic E-state index is 0.300. The largest absolute Gasteiger partial charge is 0.481 e. The standard InChI is InChI=1S/C72H94N14O25/c1-38(87)44(25-31-60(96)97)77-66(105)49(24-29-56(75)89)81-64(103)46(18-10-20-57(90)91)79-70(109)52(34-39-12-4-2-5-13-39)84-65(104)47(19-11-21-58(92)93)80-72(111)54(36-41-37-76-45-17-9-8-16-42(41)45)86-69(108)51(27-33-62(100)101)83-71(110)53(35-40-14-6-3-7-15-40)85-68(107)50(26-32-61(98)99)82-67(106)48(23-28-55(74)88)78-63(102)43(73)22-30-59(94)95/h2-9,12-17,37,43-44,46-54,76H,10-11,18-36,73H2,1H3,(H2,74,88)(H2,75,89)(H,77,105)(H,78,102)(H,79,109)(H,80,111)(H,81,103)(H,82,106)(H,83,110)(H,84,104)(H,85,107)(H,86,108)(H,90,91)(H,92,93)(H,94,95)(H,96,97)(H,98,99)(H,100,101)/t43-,44-,46-,47-,48-,49-,50-,51-,52-,53-,54-/m0/s1. The topological polar surface area (TPSA) is 660 Å². The number of nitrogens with two attached hydrogens (primary N) is 3. The molecule has 0 aliphatic carbocycles. The number of carboxylic acids is 6. The van der Waals surface area contributed by atoms with Crippen LogP contribution >= 0.6 is 0 Å². The molecule has 23 N–H and O–H groups in total. The summed E-state index contributed by atoms with van der Waals surface area (Å²) in [6.07, 6.45) is -9.60. The van der Waals surface area contributed by atoms with Crippen molar-refractivity contribution in [1.82, 2.24) is 58.2 Å². The van der Waals surface area contributed by atoms with Gasteiger partial charge in [0, 0.05) is 87.7 Å². The number of carbonyl (C=O) groups is 19. The number of carboxylic acid groups (broad SMARTS) is 6. The molecule has 0 fully saturated rings. The lowest BCUT2D eigenvalue weighted by Crippen LogP contribution is -2.61. The first-order valence-corrected chi connectivity index (χ1v) is 35.3. The van der Waals surface area contributed by atoms with Crippen molar-refractivity contribution < 1.29 is 122 Å². The number of benzene rings is 3. The molecule has 0 saturated carbocycles. The van der Waals surface area contributed by atoms with Gasteiger partial charge in [-0.15, -0.1) is 0 Å². The molecule has 4 rings (SSSR count). The zero-order valence-corrected chi connectivity index (χ0v) is 60.5. The van der Waals surface area contributed by atoms with Crippen LogP contribution in [0.15, 0.2) is 91.1 Å². The summed E-state index contributed by atoms with van der Waals surface area (Å²) in [6, 6.07) is 3.25. The number of para-hydroxylation sites is 1. The molecule has 3 aromatic carbocycles. The molecule has 39 heteroatoms. The van der Waals surface area contributed by atoms with Crippen LogP contribution in [0.2, 0.25) is 0 Å². The molecule has 111 heavy (non-hydrogen) atoms. The molecule has 0 aliphatic heterocycles. The van der Waals surface area contributed by atoms with Crippen molar-refractivity contribution in [2.75, 3.05) is 0 Å². The van der Waals surface area contributed by atoms with Gasteiger partial charge >= 0.3 is 35.8 Å². The van der Waals surface area contributed by atoms with Crippen molar-refractivity contribution in [2.24, 2.45) is 17.2 Å². The molecule has 12 amide bonds. The second-order valence-electron chi connectivity index (χ2n) is 26.1. The lowest BCUT2D eigenvalue weighted by molar-refractivity contribution is -0.139. The Morgan fingerprint density at radius 2 is 0.586 bits per heavy atom. The van der Waals surface area contributed by atoms with Crippen molar-refractivity contribution in [3.8, 4) is 0 Å². The number of aromatic nitrogens is 1. The molecule has 0 spiro atoms. The summed E-state index contributed by atoms with van der Waals surface area (Å²) in [5.74, 6) is -22.5. The summed E-state index contributed by atoms with van der Waals surface area (Å²) in [6.45, 7) is 1.06. The van der Waals surface area contributed by atoms with E-state index in [4.69, 9.17) is 22.3 Å². The normalized spacial score (nSPS) is 13.9. The molecule has 602 valence electrons. The van der Waals surface area contributed by atoms with Gasteiger partial charge < -0.3 is 106 Å². The number of aromatic amines is 1. The summed E-state index contributed by atoms with van der Waals surface area (Å²) in [7, 11) is 0. The Hall–Kier alpha value is -12.7. The van der Waals surface area contributed by atoms with E-state index in [-0.39, 0.29) is 25.7 Å². The maximum atomic E-state index is 15.2. The van der Waals surface area contributed by atoms with E-state index in [1.54, 1.807) is 72.8 Å². The second-order valence-corrected chi connectivity index (χ2v) is 26.1. The average Bonchev–Trinajstić information content (AvgIpc) is 1.73. The molecule has 0 saturated heterocycles. The molecule has 1 heterocycles. The highest BCUT2D eigenvalue weighted by Gasteiger charge is 2.38. The van der Waals surface area contributed by atoms with Crippen LogP contribution in [0.3, 0.4) is 0 Å². The van der Waals surface area contributed by atoms with E-state index >= 15 is 4.79 Å². The molecule has 39 nitrogen and oxygen atoms in total. The number of ketones is 1. The summed E-state index contributed by atoms with van der Waals surface area (Å²) in [5.41, 5.74) is 18.1. The predicted octanol–water partition coefficient (Wildman–Crippen LogP) is -2.54. The highest BCUT2D eigenvalue weighted by molar-refractivity contribution is 6.00. The Balaban J connectivity index is 1.78. The first-order chi connectivity index (χ1) is 52.5. The number of primary amides is 2. The van der Waals surface area contributed by atoms with Gasteiger partial charge in [-0.2, -0.15) is 0 Å². The number of H-pyrrole nitrogens is 1. The van der Waals surface area contributed by atoms with Crippen molar-refractivity contribution in [3.05, 3.63) is 108 Å². The van der Waals surface area contributed by atoms with Gasteiger partial charge in [-0.1, -0.05) is 78.9 Å². The maximum Gasteiger partial charge on any atom is 0.303 e. The lowest BCUT2D eigenvalue weighted by atomic mass is 10.0. The predicted molar refractivity (Wildman–Crippen MR) is 388 cm³/mol. The first kappa shape index (κ1) is 90.7. The van der Waals surface area contributed by atoms with Gasteiger partial charge in [0.15, 0.2) is 5.78 Å². The number of hydrogen-bond acceptors (Lipinski definition) is 20. The van der Waals surface area contributed by atoms with E-state index in [0.29, 0.717) is 27.6 Å². The van der Waals surface area contributed by atoms with Gasteiger partial charge in [-0.25, -0.2) is 0 Å². The highest BCUT2D eigenvalue weighted by Crippen LogP contribution is 2.21. The van der Waals surface area contributed by atoms with Crippen LogP contribution < -0.4 is 70.4 Å². The Kier molecular flexibility index (Phi) is 38.0. The monoisotopic (exact) mass is 1550 g/mol. The quantitative estimate of drug-likeness (QED) is 0.0217. The molecule has 0 aliphatic rings. The SMILES string of the molecule is CC(=O)[C@H](CCC(=O)O)NC(=O)[C@H](CCC(N)=O)NC(=O)[C@H](CCCC(=O)O)NC(=O)[C@H](Cc1ccccc1)NC(=O)[C@H](CCCC(=O)O)NC(=O)[C@H](Cc1c[nH]c2ccccc12)NC(=O)[C@H](CCC(=O)O)NC(=O)[C@H](Cc1ccccc1)NC(=O)[C@H](CCC(=O)O)NC(=O)[C@H](CCC(N)=O)NC(=O)[C@@H](N)CCC(=O)O. The zero-order chi connectivity index (χ0) is 82.4. The van der Waals surface area contributed by atoms with E-state index in [2.05, 4.69) is 58.2 Å². The average molecular weight is 1560 g/mol. The zero-order valence-electron chi connectivity index (χ0n) is 60.5. The van der Waals surface area contributed by atoms with Crippen molar-refractivity contribution >= 4 is 123 Å². The van der Waals surface area contributed by atoms with E-state index in [1.165, 1.54) is 18.3 Å². The van der Waals surface area contributed by atoms with Gasteiger partial charge in [0.2, 0.25) is 70.9 Å². The lowest BCUT2D eigenvalue weighted by Gasteiger charge is -2.28. The summed E-state index contributed by atoms with van der Waals surface area (Å²) in [5, 5.41) is 82.1. The number of Topliss-reactive ketones (excluding diaryl/α,β-unsaturated/α-hetero) is 1. The molecular weight excluding hydrogens is 1460 g/mol. The second kappa shape index (κ2) is 46.5. The molecule has 1 aromatic heterocycles. The van der Waals surface area contributed by atoms with Crippen LogP contribution in [0, 0.1) is 0 Å². The molecule has 4 aromatic rings. The number of hydrogen-bond donors (Lipinski definition) is 20. The third kappa shape index (κ3) is 34.0. The Bertz CT molecular complexity index is 3990. The third-order valence-electron chi connectivity index (χ3n) is 17.2. The summed E-state index contributed by atoms with van der Waals surface area (Å²) < 4.78 is 0. The van der Waals surface area contributed by atoms with Gasteiger partial charge in [0.05, 0.1) is 12.1 Å². The van der Waals surface area contributed by atoms with Gasteiger partial charge in [-0.3, -0.25) is 91.1 Å². The molecule has 0 unspecified atom stereocenters. The Morgan fingerprint density at radius 1 is 0.315 bits per heavy atom. The number of fused-ring (bicyclic) bond motifs is 1. The number of amides is 12. The number of nitrogens with one attached hydrogen (secondary N) is 11. The fourth-order valence-electron chi connectivity index (χ4n) is 11.3. The van der Waals surface area contributed by atoms with Crippen molar-refractivity contribution in [3.63, 3.8) is 0 Å². The van der Waals surface area contributed by atoms with E-state index in [0.717, 1.165) is 6.92 Å². The highest BCUT2D eigenvalue weighted by atomic mass is 16.4. The molecule has 11 atom stereocenters. The number of rotatable bonds is 53. The third-order valence-corrected chi connectivity index (χ3v) is 17.2. The van der Waals surface area contributed by atoms with Crippen molar-refractivity contribution in [1.29, 1.82) is 0 Å². The maximum absolute atomic E-state index is 15.2. The van der Waals surface area contributed by atoms with E-state index < -0.39 is 288 Å². The van der Waals surface area contributed by atoms with Gasteiger partial charge in [-0.05, 0) is 93.9 Å². The summed E-state index contributed by atoms with van der Waals surface area (Å²) >= 11 is 0. The van der Waals surface area contributed by atoms with Crippen LogP contribution in [0.5, 0.6) is 0 Å². The fraction of sp³-hybridized carbons (Fsp3) is 0.458. The van der Waals surface area contributed by atoms with Gasteiger partial charge in [0.1, 0.15) is 54.4 Å². The van der Waals surface area contributed by atoms with Crippen LogP contribution in [0.1, 0.15) is 139 Å². The minimum atomic E-state index is -1.93.